The zero-order chi connectivity index (χ0) is 12.8. The number of hydrogen-bond donors (Lipinski definition) is 0. The molecule has 4 nitrogen and oxygen atoms in total. The molecule has 0 aliphatic carbocycles. The molecular formula is C12H15BrO4. The summed E-state index contributed by atoms with van der Waals surface area (Å²) in [5.41, 5.74) is 0.765. The molecule has 0 saturated heterocycles. The van der Waals surface area contributed by atoms with Crippen molar-refractivity contribution in [2.24, 2.45) is 0 Å². The molecular weight excluding hydrogens is 288 g/mol. The molecule has 0 aliphatic heterocycles. The van der Waals surface area contributed by atoms with Crippen molar-refractivity contribution in [2.75, 3.05) is 20.8 Å². The lowest BCUT2D eigenvalue weighted by atomic mass is 10.1. The number of alkyl halides is 1. The Morgan fingerprint density at radius 2 is 1.94 bits per heavy atom. The average molecular weight is 303 g/mol. The summed E-state index contributed by atoms with van der Waals surface area (Å²) in [4.78, 5) is 11.1. The standard InChI is InChI=1S/C12H15BrO4/c1-4-17-12(14)11(13)8-5-6-9(15-2)10(7-8)16-3/h5-7,11H,4H2,1-3H3. The monoisotopic (exact) mass is 302 g/mol. The highest BCUT2D eigenvalue weighted by atomic mass is 79.9. The van der Waals surface area contributed by atoms with Gasteiger partial charge in [0.25, 0.3) is 0 Å². The first-order valence-electron chi connectivity index (χ1n) is 5.16. The molecule has 0 aliphatic rings. The molecule has 1 unspecified atom stereocenters. The van der Waals surface area contributed by atoms with Crippen LogP contribution in [0.5, 0.6) is 11.5 Å². The second-order valence-corrected chi connectivity index (χ2v) is 4.14. The Balaban J connectivity index is 2.95. The summed E-state index contributed by atoms with van der Waals surface area (Å²) in [7, 11) is 3.11. The van der Waals surface area contributed by atoms with Gasteiger partial charge in [-0.05, 0) is 24.6 Å². The molecule has 5 heteroatoms. The van der Waals surface area contributed by atoms with Crippen LogP contribution in [0.25, 0.3) is 0 Å². The number of hydrogen-bond acceptors (Lipinski definition) is 4. The van der Waals surface area contributed by atoms with E-state index in [1.807, 2.05) is 0 Å². The van der Waals surface area contributed by atoms with Gasteiger partial charge in [0.05, 0.1) is 20.8 Å². The molecule has 1 aromatic carbocycles. The minimum Gasteiger partial charge on any atom is -0.493 e. The number of benzene rings is 1. The molecule has 0 heterocycles. The fourth-order valence-corrected chi connectivity index (χ4v) is 1.78. The van der Waals surface area contributed by atoms with E-state index >= 15 is 0 Å². The molecule has 0 amide bonds. The summed E-state index contributed by atoms with van der Waals surface area (Å²) in [6.07, 6.45) is 0. The van der Waals surface area contributed by atoms with Crippen molar-refractivity contribution in [3.05, 3.63) is 23.8 Å². The van der Waals surface area contributed by atoms with Crippen molar-refractivity contribution >= 4 is 21.9 Å². The summed E-state index contributed by atoms with van der Waals surface area (Å²) < 4.78 is 15.2. The minimum absolute atomic E-state index is 0.320. The Hall–Kier alpha value is -1.23. The molecule has 0 N–H and O–H groups in total. The van der Waals surface area contributed by atoms with Crippen molar-refractivity contribution in [2.45, 2.75) is 11.8 Å². The van der Waals surface area contributed by atoms with Crippen LogP contribution in [-0.2, 0) is 9.53 Å². The van der Waals surface area contributed by atoms with Crippen molar-refractivity contribution in [3.8, 4) is 11.5 Å². The maximum absolute atomic E-state index is 11.6. The second-order valence-electron chi connectivity index (χ2n) is 3.23. The average Bonchev–Trinajstić information content (AvgIpc) is 2.37. The van der Waals surface area contributed by atoms with Crippen molar-refractivity contribution in [1.29, 1.82) is 0 Å². The van der Waals surface area contributed by atoms with Crippen LogP contribution < -0.4 is 9.47 Å². The molecule has 17 heavy (non-hydrogen) atoms. The van der Waals surface area contributed by atoms with E-state index in [1.165, 1.54) is 0 Å². The molecule has 0 aromatic heterocycles. The Kier molecular flexibility index (Phi) is 5.28. The van der Waals surface area contributed by atoms with Gasteiger partial charge in [0.2, 0.25) is 0 Å². The smallest absolute Gasteiger partial charge is 0.324 e. The summed E-state index contributed by atoms with van der Waals surface area (Å²) in [5, 5.41) is 0. The van der Waals surface area contributed by atoms with Crippen LogP contribution in [0.2, 0.25) is 0 Å². The van der Waals surface area contributed by atoms with E-state index in [2.05, 4.69) is 15.9 Å². The third-order valence-electron chi connectivity index (χ3n) is 2.19. The lowest BCUT2D eigenvalue weighted by Crippen LogP contribution is -2.10. The summed E-state index contributed by atoms with van der Waals surface area (Å²) >= 11 is 3.29. The zero-order valence-electron chi connectivity index (χ0n) is 10.0. The van der Waals surface area contributed by atoms with Crippen molar-refractivity contribution in [1.82, 2.24) is 0 Å². The SMILES string of the molecule is CCOC(=O)C(Br)c1ccc(OC)c(OC)c1. The fourth-order valence-electron chi connectivity index (χ4n) is 1.36. The Labute approximate surface area is 109 Å². The van der Waals surface area contributed by atoms with E-state index in [4.69, 9.17) is 14.2 Å². The van der Waals surface area contributed by atoms with Gasteiger partial charge >= 0.3 is 5.97 Å². The molecule has 0 radical (unpaired) electrons. The first-order valence-corrected chi connectivity index (χ1v) is 6.08. The molecule has 0 spiro atoms. The Bertz CT molecular complexity index is 392. The maximum Gasteiger partial charge on any atom is 0.324 e. The molecule has 0 bridgehead atoms. The molecule has 0 saturated carbocycles. The van der Waals surface area contributed by atoms with Crippen LogP contribution in [0.1, 0.15) is 17.3 Å². The van der Waals surface area contributed by atoms with Crippen LogP contribution in [0.4, 0.5) is 0 Å². The number of carbonyl (C=O) groups excluding carboxylic acids is 1. The number of ether oxygens (including phenoxy) is 3. The van der Waals surface area contributed by atoms with Gasteiger partial charge < -0.3 is 14.2 Å². The van der Waals surface area contributed by atoms with Crippen molar-refractivity contribution in [3.63, 3.8) is 0 Å². The highest BCUT2D eigenvalue weighted by Crippen LogP contribution is 2.33. The van der Waals surface area contributed by atoms with Gasteiger partial charge in [0.1, 0.15) is 4.83 Å². The van der Waals surface area contributed by atoms with Crippen LogP contribution >= 0.6 is 15.9 Å². The Morgan fingerprint density at radius 1 is 1.29 bits per heavy atom. The number of rotatable bonds is 5. The lowest BCUT2D eigenvalue weighted by molar-refractivity contribution is -0.142. The van der Waals surface area contributed by atoms with Gasteiger partial charge in [-0.2, -0.15) is 0 Å². The molecule has 1 aromatic rings. The minimum atomic E-state index is -0.498. The van der Waals surface area contributed by atoms with Gasteiger partial charge in [-0.1, -0.05) is 22.0 Å². The van der Waals surface area contributed by atoms with Gasteiger partial charge in [-0.3, -0.25) is 4.79 Å². The number of halogens is 1. The molecule has 0 fully saturated rings. The van der Waals surface area contributed by atoms with Gasteiger partial charge in [0, 0.05) is 0 Å². The number of esters is 1. The van der Waals surface area contributed by atoms with E-state index in [-0.39, 0.29) is 5.97 Å². The fraction of sp³-hybridized carbons (Fsp3) is 0.417. The number of methoxy groups -OCH3 is 2. The normalized spacial score (nSPS) is 11.8. The molecule has 94 valence electrons. The highest BCUT2D eigenvalue weighted by molar-refractivity contribution is 9.09. The number of carbonyl (C=O) groups is 1. The molecule has 1 rings (SSSR count). The second kappa shape index (κ2) is 6.49. The van der Waals surface area contributed by atoms with E-state index in [1.54, 1.807) is 39.3 Å². The summed E-state index contributed by atoms with van der Waals surface area (Å²) in [5.74, 6) is 0.887. The predicted molar refractivity (Wildman–Crippen MR) is 67.8 cm³/mol. The van der Waals surface area contributed by atoms with E-state index in [0.717, 1.165) is 5.56 Å². The van der Waals surface area contributed by atoms with E-state index in [0.29, 0.717) is 18.1 Å². The maximum atomic E-state index is 11.6. The summed E-state index contributed by atoms with van der Waals surface area (Å²) in [6.45, 7) is 2.13. The molecule has 1 atom stereocenters. The first-order chi connectivity index (χ1) is 8.13. The lowest BCUT2D eigenvalue weighted by Gasteiger charge is -2.12. The third kappa shape index (κ3) is 3.36. The first kappa shape index (κ1) is 13.8. The van der Waals surface area contributed by atoms with Gasteiger partial charge in [0.15, 0.2) is 11.5 Å². The summed E-state index contributed by atoms with van der Waals surface area (Å²) in [6, 6.07) is 5.29. The zero-order valence-corrected chi connectivity index (χ0v) is 11.6. The van der Waals surface area contributed by atoms with Crippen LogP contribution in [0.3, 0.4) is 0 Å². The largest absolute Gasteiger partial charge is 0.493 e. The van der Waals surface area contributed by atoms with Crippen LogP contribution in [-0.4, -0.2) is 26.8 Å². The van der Waals surface area contributed by atoms with Crippen LogP contribution in [0, 0.1) is 0 Å². The highest BCUT2D eigenvalue weighted by Gasteiger charge is 2.19. The third-order valence-corrected chi connectivity index (χ3v) is 3.10. The topological polar surface area (TPSA) is 44.8 Å². The predicted octanol–water partition coefficient (Wildman–Crippen LogP) is 2.70. The van der Waals surface area contributed by atoms with Crippen LogP contribution in [0.15, 0.2) is 18.2 Å². The van der Waals surface area contributed by atoms with Gasteiger partial charge in [-0.25, -0.2) is 0 Å². The Morgan fingerprint density at radius 3 is 2.47 bits per heavy atom. The van der Waals surface area contributed by atoms with Crippen molar-refractivity contribution < 1.29 is 19.0 Å². The van der Waals surface area contributed by atoms with E-state index in [9.17, 15) is 4.79 Å². The quantitative estimate of drug-likeness (QED) is 0.620. The van der Waals surface area contributed by atoms with E-state index < -0.39 is 4.83 Å². The van der Waals surface area contributed by atoms with Gasteiger partial charge in [-0.15, -0.1) is 0 Å².